The van der Waals surface area contributed by atoms with Crippen LogP contribution in [-0.4, -0.2) is 24.4 Å². The SMILES string of the molecule is CC(=O)NCCCC[C@H](N)C(=O)NCc1ccccc1. The summed E-state index contributed by atoms with van der Waals surface area (Å²) in [6.45, 7) is 2.62. The average Bonchev–Trinajstić information content (AvgIpc) is 2.45. The Morgan fingerprint density at radius 2 is 1.85 bits per heavy atom. The monoisotopic (exact) mass is 277 g/mol. The number of benzene rings is 1. The van der Waals surface area contributed by atoms with E-state index >= 15 is 0 Å². The van der Waals surface area contributed by atoms with Gasteiger partial charge in [0, 0.05) is 20.0 Å². The highest BCUT2D eigenvalue weighted by molar-refractivity contribution is 5.81. The zero-order chi connectivity index (χ0) is 14.8. The Morgan fingerprint density at radius 3 is 2.50 bits per heavy atom. The first-order valence-corrected chi connectivity index (χ1v) is 6.91. The molecule has 0 saturated heterocycles. The summed E-state index contributed by atoms with van der Waals surface area (Å²) >= 11 is 0. The van der Waals surface area contributed by atoms with Crippen LogP contribution in [0.5, 0.6) is 0 Å². The lowest BCUT2D eigenvalue weighted by atomic mass is 10.1. The summed E-state index contributed by atoms with van der Waals surface area (Å²) in [7, 11) is 0. The topological polar surface area (TPSA) is 84.2 Å². The van der Waals surface area contributed by atoms with Crippen LogP contribution in [0.4, 0.5) is 0 Å². The quantitative estimate of drug-likeness (QED) is 0.618. The molecule has 110 valence electrons. The van der Waals surface area contributed by atoms with Gasteiger partial charge in [-0.15, -0.1) is 0 Å². The van der Waals surface area contributed by atoms with E-state index in [1.165, 1.54) is 6.92 Å². The van der Waals surface area contributed by atoms with Crippen molar-refractivity contribution in [2.24, 2.45) is 5.73 Å². The summed E-state index contributed by atoms with van der Waals surface area (Å²) in [5, 5.41) is 5.54. The van der Waals surface area contributed by atoms with Crippen molar-refractivity contribution in [2.75, 3.05) is 6.54 Å². The molecule has 0 bridgehead atoms. The van der Waals surface area contributed by atoms with Crippen LogP contribution in [0.2, 0.25) is 0 Å². The standard InChI is InChI=1S/C15H23N3O2/c1-12(19)17-10-6-5-9-14(16)15(20)18-11-13-7-3-2-4-8-13/h2-4,7-8,14H,5-6,9-11,16H2,1H3,(H,17,19)(H,18,20)/t14-/m0/s1. The molecule has 0 aliphatic heterocycles. The van der Waals surface area contributed by atoms with Gasteiger partial charge in [-0.3, -0.25) is 9.59 Å². The van der Waals surface area contributed by atoms with Crippen LogP contribution in [0.25, 0.3) is 0 Å². The van der Waals surface area contributed by atoms with Crippen LogP contribution in [-0.2, 0) is 16.1 Å². The predicted molar refractivity (Wildman–Crippen MR) is 78.8 cm³/mol. The van der Waals surface area contributed by atoms with E-state index in [1.807, 2.05) is 30.3 Å². The summed E-state index contributed by atoms with van der Waals surface area (Å²) in [5.74, 6) is -0.164. The lowest BCUT2D eigenvalue weighted by Crippen LogP contribution is -2.40. The van der Waals surface area contributed by atoms with Crippen LogP contribution in [0.3, 0.4) is 0 Å². The van der Waals surface area contributed by atoms with Crippen molar-refractivity contribution < 1.29 is 9.59 Å². The third-order valence-electron chi connectivity index (χ3n) is 2.96. The second-order valence-corrected chi connectivity index (χ2v) is 4.79. The molecule has 0 fully saturated rings. The number of unbranched alkanes of at least 4 members (excludes halogenated alkanes) is 1. The first-order valence-electron chi connectivity index (χ1n) is 6.91. The summed E-state index contributed by atoms with van der Waals surface area (Å²) < 4.78 is 0. The largest absolute Gasteiger partial charge is 0.356 e. The van der Waals surface area contributed by atoms with Gasteiger partial charge in [0.25, 0.3) is 0 Å². The summed E-state index contributed by atoms with van der Waals surface area (Å²) in [4.78, 5) is 22.5. The van der Waals surface area contributed by atoms with E-state index in [4.69, 9.17) is 5.73 Å². The molecule has 0 aliphatic rings. The molecule has 20 heavy (non-hydrogen) atoms. The van der Waals surface area contributed by atoms with Gasteiger partial charge in [0.1, 0.15) is 0 Å². The molecular formula is C15H23N3O2. The number of hydrogen-bond donors (Lipinski definition) is 3. The van der Waals surface area contributed by atoms with Crippen molar-refractivity contribution in [3.63, 3.8) is 0 Å². The molecule has 1 aromatic rings. The van der Waals surface area contributed by atoms with Crippen LogP contribution in [0, 0.1) is 0 Å². The molecule has 4 N–H and O–H groups in total. The van der Waals surface area contributed by atoms with Crippen molar-refractivity contribution in [3.8, 4) is 0 Å². The Labute approximate surface area is 119 Å². The average molecular weight is 277 g/mol. The van der Waals surface area contributed by atoms with E-state index in [-0.39, 0.29) is 11.8 Å². The number of rotatable bonds is 8. The van der Waals surface area contributed by atoms with Crippen molar-refractivity contribution >= 4 is 11.8 Å². The smallest absolute Gasteiger partial charge is 0.237 e. The van der Waals surface area contributed by atoms with E-state index < -0.39 is 6.04 Å². The van der Waals surface area contributed by atoms with Crippen molar-refractivity contribution in [1.82, 2.24) is 10.6 Å². The maximum Gasteiger partial charge on any atom is 0.237 e. The zero-order valence-corrected chi connectivity index (χ0v) is 11.9. The number of carbonyl (C=O) groups excluding carboxylic acids is 2. The Hall–Kier alpha value is -1.88. The van der Waals surface area contributed by atoms with Gasteiger partial charge in [0.2, 0.25) is 11.8 Å². The van der Waals surface area contributed by atoms with Crippen LogP contribution < -0.4 is 16.4 Å². The normalized spacial score (nSPS) is 11.7. The molecule has 0 saturated carbocycles. The minimum absolute atomic E-state index is 0.0325. The van der Waals surface area contributed by atoms with Crippen LogP contribution >= 0.6 is 0 Å². The number of amides is 2. The van der Waals surface area contributed by atoms with Gasteiger partial charge in [-0.25, -0.2) is 0 Å². The van der Waals surface area contributed by atoms with Crippen LogP contribution in [0.15, 0.2) is 30.3 Å². The molecule has 0 heterocycles. The molecule has 0 spiro atoms. The summed E-state index contributed by atoms with van der Waals surface area (Å²) in [6, 6.07) is 9.23. The van der Waals surface area contributed by atoms with Gasteiger partial charge < -0.3 is 16.4 Å². The van der Waals surface area contributed by atoms with Gasteiger partial charge in [-0.2, -0.15) is 0 Å². The number of nitrogens with two attached hydrogens (primary N) is 1. The molecule has 1 atom stereocenters. The lowest BCUT2D eigenvalue weighted by molar-refractivity contribution is -0.122. The highest BCUT2D eigenvalue weighted by Crippen LogP contribution is 2.01. The summed E-state index contributed by atoms with van der Waals surface area (Å²) in [5.41, 5.74) is 6.88. The fraction of sp³-hybridized carbons (Fsp3) is 0.467. The first kappa shape index (κ1) is 16.2. The second-order valence-electron chi connectivity index (χ2n) is 4.79. The van der Waals surface area contributed by atoms with E-state index in [2.05, 4.69) is 10.6 Å². The minimum Gasteiger partial charge on any atom is -0.356 e. The number of hydrogen-bond acceptors (Lipinski definition) is 3. The zero-order valence-electron chi connectivity index (χ0n) is 11.9. The first-order chi connectivity index (χ1) is 9.59. The Morgan fingerprint density at radius 1 is 1.15 bits per heavy atom. The van der Waals surface area contributed by atoms with Crippen molar-refractivity contribution in [3.05, 3.63) is 35.9 Å². The maximum atomic E-state index is 11.8. The van der Waals surface area contributed by atoms with Crippen molar-refractivity contribution in [1.29, 1.82) is 0 Å². The summed E-state index contributed by atoms with van der Waals surface area (Å²) in [6.07, 6.45) is 2.28. The molecule has 1 rings (SSSR count). The number of carbonyl (C=O) groups is 2. The Balaban J connectivity index is 2.14. The molecule has 5 heteroatoms. The van der Waals surface area contributed by atoms with Crippen molar-refractivity contribution in [2.45, 2.75) is 38.8 Å². The Kier molecular flexibility index (Phi) is 7.35. The highest BCUT2D eigenvalue weighted by atomic mass is 16.2. The molecule has 1 aromatic carbocycles. The van der Waals surface area contributed by atoms with Crippen LogP contribution in [0.1, 0.15) is 31.7 Å². The van der Waals surface area contributed by atoms with Gasteiger partial charge in [0.05, 0.1) is 6.04 Å². The predicted octanol–water partition coefficient (Wildman–Crippen LogP) is 0.937. The minimum atomic E-state index is -0.490. The number of nitrogens with one attached hydrogen (secondary N) is 2. The third-order valence-corrected chi connectivity index (χ3v) is 2.96. The van der Waals surface area contributed by atoms with E-state index in [9.17, 15) is 9.59 Å². The fourth-order valence-corrected chi connectivity index (χ4v) is 1.80. The molecule has 0 aliphatic carbocycles. The van der Waals surface area contributed by atoms with Gasteiger partial charge in [0.15, 0.2) is 0 Å². The van der Waals surface area contributed by atoms with Gasteiger partial charge in [-0.1, -0.05) is 30.3 Å². The second kappa shape index (κ2) is 9.09. The molecule has 0 aromatic heterocycles. The fourth-order valence-electron chi connectivity index (χ4n) is 1.80. The molecule has 0 unspecified atom stereocenters. The third kappa shape index (κ3) is 6.89. The van der Waals surface area contributed by atoms with E-state index in [0.717, 1.165) is 18.4 Å². The Bertz CT molecular complexity index is 420. The van der Waals surface area contributed by atoms with E-state index in [0.29, 0.717) is 19.5 Å². The van der Waals surface area contributed by atoms with Gasteiger partial charge >= 0.3 is 0 Å². The molecule has 0 radical (unpaired) electrons. The molecule has 5 nitrogen and oxygen atoms in total. The molecular weight excluding hydrogens is 254 g/mol. The maximum absolute atomic E-state index is 11.8. The van der Waals surface area contributed by atoms with Gasteiger partial charge in [-0.05, 0) is 24.8 Å². The van der Waals surface area contributed by atoms with E-state index in [1.54, 1.807) is 0 Å². The lowest BCUT2D eigenvalue weighted by Gasteiger charge is -2.12. The molecule has 2 amide bonds. The highest BCUT2D eigenvalue weighted by Gasteiger charge is 2.12.